The summed E-state index contributed by atoms with van der Waals surface area (Å²) in [6.45, 7) is 7.67. The molecule has 2 rings (SSSR count). The molecule has 2 atom stereocenters. The third-order valence-corrected chi connectivity index (χ3v) is 5.45. The van der Waals surface area contributed by atoms with Crippen LogP contribution in [-0.4, -0.2) is 66.1 Å². The molecule has 30 heavy (non-hydrogen) atoms. The monoisotopic (exact) mass is 430 g/mol. The third kappa shape index (κ3) is 7.30. The molecule has 5 N–H and O–H groups in total. The van der Waals surface area contributed by atoms with E-state index >= 15 is 0 Å². The number of ether oxygens (including phenoxy) is 2. The Bertz CT molecular complexity index is 600. The molecule has 2 heterocycles. The highest BCUT2D eigenvalue weighted by Crippen LogP contribution is 2.27. The number of carbonyl (C=O) groups excluding carboxylic acids is 2. The molecule has 2 aliphatic rings. The van der Waals surface area contributed by atoms with Gasteiger partial charge in [-0.3, -0.25) is 14.4 Å². The number of hydrogen-bond donors (Lipinski definition) is 4. The number of carboxylic acid groups (broad SMARTS) is 1. The van der Waals surface area contributed by atoms with Crippen LogP contribution < -0.4 is 11.1 Å². The second-order valence-corrected chi connectivity index (χ2v) is 9.35. The van der Waals surface area contributed by atoms with Gasteiger partial charge in [-0.25, -0.2) is 0 Å². The molecular formula is C21H38N2O7. The number of Topliss-reactive ketones (excluding diaryl/α,β-unsaturated/α-hetero) is 1. The zero-order valence-corrected chi connectivity index (χ0v) is 18.7. The van der Waals surface area contributed by atoms with Crippen LogP contribution in [0.4, 0.5) is 0 Å². The normalized spacial score (nSPS) is 25.4. The van der Waals surface area contributed by atoms with E-state index in [-0.39, 0.29) is 25.3 Å². The molecule has 9 heteroatoms. The summed E-state index contributed by atoms with van der Waals surface area (Å²) in [4.78, 5) is 34.8. The zero-order chi connectivity index (χ0) is 23.0. The first kappa shape index (κ1) is 26.5. The fourth-order valence-electron chi connectivity index (χ4n) is 3.10. The number of nitrogens with one attached hydrogen (secondary N) is 1. The molecule has 0 bridgehead atoms. The van der Waals surface area contributed by atoms with Crippen molar-refractivity contribution in [3.05, 3.63) is 0 Å². The maximum Gasteiger partial charge on any atom is 0.311 e. The first-order valence-corrected chi connectivity index (χ1v) is 10.6. The smallest absolute Gasteiger partial charge is 0.311 e. The average Bonchev–Trinajstić information content (AvgIpc) is 2.88. The zero-order valence-electron chi connectivity index (χ0n) is 18.7. The van der Waals surface area contributed by atoms with Crippen molar-refractivity contribution in [3.63, 3.8) is 0 Å². The number of carbonyl (C=O) groups is 3. The molecule has 0 saturated carbocycles. The van der Waals surface area contributed by atoms with Crippen LogP contribution in [0.3, 0.4) is 0 Å². The molecule has 0 radical (unpaired) electrons. The van der Waals surface area contributed by atoms with Gasteiger partial charge in [0.1, 0.15) is 0 Å². The second kappa shape index (κ2) is 11.2. The van der Waals surface area contributed by atoms with Gasteiger partial charge in [0.15, 0.2) is 17.6 Å². The van der Waals surface area contributed by atoms with Crippen LogP contribution in [0, 0.1) is 10.8 Å². The van der Waals surface area contributed by atoms with Gasteiger partial charge in [0.25, 0.3) is 0 Å². The molecule has 0 spiro atoms. The van der Waals surface area contributed by atoms with Crippen molar-refractivity contribution in [1.82, 2.24) is 5.32 Å². The SMILES string of the molecule is CC(C)(CO)C(=O)[C@@]1(N)CCCCNC1=O.CC(C)(COC1CCCCO1)C(=O)O. The highest BCUT2D eigenvalue weighted by atomic mass is 16.7. The summed E-state index contributed by atoms with van der Waals surface area (Å²) < 4.78 is 10.7. The van der Waals surface area contributed by atoms with Crippen LogP contribution in [0.15, 0.2) is 0 Å². The Kier molecular flexibility index (Phi) is 9.87. The molecule has 2 aliphatic heterocycles. The molecule has 2 fully saturated rings. The number of nitrogens with two attached hydrogens (primary N) is 1. The summed E-state index contributed by atoms with van der Waals surface area (Å²) >= 11 is 0. The van der Waals surface area contributed by atoms with E-state index in [4.69, 9.17) is 25.4 Å². The van der Waals surface area contributed by atoms with Gasteiger partial charge in [0.2, 0.25) is 5.91 Å². The minimum absolute atomic E-state index is 0.201. The number of hydrogen-bond acceptors (Lipinski definition) is 7. The first-order chi connectivity index (χ1) is 13.9. The lowest BCUT2D eigenvalue weighted by molar-refractivity contribution is -0.184. The van der Waals surface area contributed by atoms with E-state index < -0.39 is 28.2 Å². The van der Waals surface area contributed by atoms with E-state index in [2.05, 4.69) is 5.32 Å². The molecule has 0 aromatic carbocycles. The molecule has 9 nitrogen and oxygen atoms in total. The number of ketones is 1. The number of aliphatic hydroxyl groups excluding tert-OH is 1. The Morgan fingerprint density at radius 3 is 2.40 bits per heavy atom. The van der Waals surface area contributed by atoms with E-state index in [0.29, 0.717) is 13.0 Å². The molecule has 174 valence electrons. The summed E-state index contributed by atoms with van der Waals surface area (Å²) in [7, 11) is 0. The Morgan fingerprint density at radius 2 is 1.87 bits per heavy atom. The van der Waals surface area contributed by atoms with Gasteiger partial charge in [0.05, 0.1) is 18.6 Å². The van der Waals surface area contributed by atoms with Crippen molar-refractivity contribution >= 4 is 17.7 Å². The van der Waals surface area contributed by atoms with Crippen molar-refractivity contribution < 1.29 is 34.1 Å². The summed E-state index contributed by atoms with van der Waals surface area (Å²) in [5, 5.41) is 20.7. The van der Waals surface area contributed by atoms with Gasteiger partial charge < -0.3 is 30.7 Å². The van der Waals surface area contributed by atoms with E-state index in [9.17, 15) is 14.4 Å². The summed E-state index contributed by atoms with van der Waals surface area (Å²) in [6, 6.07) is 0. The van der Waals surface area contributed by atoms with Crippen molar-refractivity contribution in [2.24, 2.45) is 16.6 Å². The van der Waals surface area contributed by atoms with Crippen LogP contribution in [0.5, 0.6) is 0 Å². The third-order valence-electron chi connectivity index (χ3n) is 5.45. The van der Waals surface area contributed by atoms with Crippen molar-refractivity contribution in [1.29, 1.82) is 0 Å². The van der Waals surface area contributed by atoms with E-state index in [1.807, 2.05) is 0 Å². The molecule has 0 aromatic heterocycles. The standard InChI is InChI=1S/C11H20N2O3.C10H18O4/c1-10(2,7-14)8(15)11(12)5-3-4-6-13-9(11)16;1-10(2,9(11)12)7-14-8-5-3-4-6-13-8/h14H,3-7,12H2,1-2H3,(H,13,16);8H,3-7H2,1-2H3,(H,11,12)/t11-;/m0./s1. The van der Waals surface area contributed by atoms with Crippen LogP contribution in [0.25, 0.3) is 0 Å². The molecule has 1 amide bonds. The highest BCUT2D eigenvalue weighted by molar-refractivity contribution is 6.12. The maximum atomic E-state index is 12.2. The van der Waals surface area contributed by atoms with Gasteiger partial charge in [-0.05, 0) is 52.4 Å². The quantitative estimate of drug-likeness (QED) is 0.441. The minimum Gasteiger partial charge on any atom is -0.481 e. The Labute approximate surface area is 178 Å². The summed E-state index contributed by atoms with van der Waals surface area (Å²) in [5.41, 5.74) is 2.64. The van der Waals surface area contributed by atoms with Crippen LogP contribution in [0.2, 0.25) is 0 Å². The predicted molar refractivity (Wildman–Crippen MR) is 111 cm³/mol. The van der Waals surface area contributed by atoms with Gasteiger partial charge in [-0.1, -0.05) is 13.8 Å². The lowest BCUT2D eigenvalue weighted by Gasteiger charge is -2.32. The van der Waals surface area contributed by atoms with Gasteiger partial charge >= 0.3 is 5.97 Å². The average molecular weight is 431 g/mol. The second-order valence-electron chi connectivity index (χ2n) is 9.35. The van der Waals surface area contributed by atoms with Crippen LogP contribution >= 0.6 is 0 Å². The Hall–Kier alpha value is -1.55. The summed E-state index contributed by atoms with van der Waals surface area (Å²) in [5.74, 6) is -1.65. The molecule has 0 aliphatic carbocycles. The highest BCUT2D eigenvalue weighted by Gasteiger charge is 2.48. The van der Waals surface area contributed by atoms with E-state index in [1.54, 1.807) is 27.7 Å². The van der Waals surface area contributed by atoms with Crippen LogP contribution in [0.1, 0.15) is 66.2 Å². The Morgan fingerprint density at radius 1 is 1.20 bits per heavy atom. The molecule has 1 unspecified atom stereocenters. The maximum absolute atomic E-state index is 12.2. The lowest BCUT2D eigenvalue weighted by atomic mass is 9.75. The fourth-order valence-corrected chi connectivity index (χ4v) is 3.10. The number of aliphatic hydroxyl groups is 1. The predicted octanol–water partition coefficient (Wildman–Crippen LogP) is 1.21. The minimum atomic E-state index is -1.48. The van der Waals surface area contributed by atoms with Crippen LogP contribution in [-0.2, 0) is 23.9 Å². The molecule has 2 saturated heterocycles. The van der Waals surface area contributed by atoms with Crippen molar-refractivity contribution in [2.45, 2.75) is 78.0 Å². The first-order valence-electron chi connectivity index (χ1n) is 10.6. The largest absolute Gasteiger partial charge is 0.481 e. The van der Waals surface area contributed by atoms with Gasteiger partial charge in [-0.15, -0.1) is 0 Å². The van der Waals surface area contributed by atoms with Gasteiger partial charge in [0, 0.05) is 18.6 Å². The van der Waals surface area contributed by atoms with Gasteiger partial charge in [-0.2, -0.15) is 0 Å². The molecular weight excluding hydrogens is 392 g/mol. The number of aliphatic carboxylic acids is 1. The topological polar surface area (TPSA) is 148 Å². The molecule has 0 aromatic rings. The van der Waals surface area contributed by atoms with E-state index in [0.717, 1.165) is 38.7 Å². The summed E-state index contributed by atoms with van der Waals surface area (Å²) in [6.07, 6.45) is 4.75. The van der Waals surface area contributed by atoms with Crippen molar-refractivity contribution in [3.8, 4) is 0 Å². The number of rotatable bonds is 7. The number of amides is 1. The van der Waals surface area contributed by atoms with Crippen molar-refractivity contribution in [2.75, 3.05) is 26.4 Å². The van der Waals surface area contributed by atoms with E-state index in [1.165, 1.54) is 0 Å². The fraction of sp³-hybridized carbons (Fsp3) is 0.857. The number of carboxylic acids is 1. The lowest BCUT2D eigenvalue weighted by Crippen LogP contribution is -2.62. The Balaban J connectivity index is 0.000000303.